The Labute approximate surface area is 280 Å². The number of nitrogens with zero attached hydrogens (tertiary/aromatic N) is 4. The first-order chi connectivity index (χ1) is 23.4. The predicted molar refractivity (Wildman–Crippen MR) is 185 cm³/mol. The number of ether oxygens (including phenoxy) is 1. The minimum Gasteiger partial charge on any atom is -0.508 e. The summed E-state index contributed by atoms with van der Waals surface area (Å²) in [5.41, 5.74) is 1.74. The second kappa shape index (κ2) is 11.6. The molecule has 8 nitrogen and oxygen atoms in total. The van der Waals surface area contributed by atoms with Crippen LogP contribution in [0, 0.1) is 29.5 Å². The smallest absolute Gasteiger partial charge is 0.319 e. The molecule has 9 heteroatoms. The number of terminal acetylenes is 1. The number of hydrogen-bond donors (Lipinski definition) is 3. The number of aromatic nitrogens is 2. The number of aliphatic hydroxyl groups is 1. The lowest BCUT2D eigenvalue weighted by Crippen LogP contribution is -2.51. The van der Waals surface area contributed by atoms with Crippen LogP contribution in [0.4, 0.5) is 10.2 Å². The van der Waals surface area contributed by atoms with E-state index in [2.05, 4.69) is 21.0 Å². The number of benzene rings is 3. The van der Waals surface area contributed by atoms with Crippen LogP contribution in [0.25, 0.3) is 32.8 Å². The summed E-state index contributed by atoms with van der Waals surface area (Å²) >= 11 is 0. The Bertz CT molecular complexity index is 1930. The van der Waals surface area contributed by atoms with Gasteiger partial charge < -0.3 is 25.2 Å². The average molecular weight is 648 g/mol. The van der Waals surface area contributed by atoms with E-state index in [-0.39, 0.29) is 29.3 Å². The van der Waals surface area contributed by atoms with Crippen molar-refractivity contribution in [3.05, 3.63) is 53.8 Å². The van der Waals surface area contributed by atoms with Gasteiger partial charge in [-0.25, -0.2) is 4.39 Å². The van der Waals surface area contributed by atoms with Gasteiger partial charge in [0.15, 0.2) is 5.82 Å². The van der Waals surface area contributed by atoms with Crippen LogP contribution >= 0.6 is 0 Å². The number of piperazine rings is 1. The van der Waals surface area contributed by atoms with E-state index in [9.17, 15) is 10.2 Å². The Hall–Kier alpha value is -3.97. The number of nitrogens with one attached hydrogen (secondary N) is 1. The van der Waals surface area contributed by atoms with E-state index in [0.29, 0.717) is 70.0 Å². The van der Waals surface area contributed by atoms with Crippen molar-refractivity contribution in [3.63, 3.8) is 0 Å². The molecule has 3 aromatic carbocycles. The van der Waals surface area contributed by atoms with Crippen LogP contribution in [-0.2, 0) is 0 Å². The Morgan fingerprint density at radius 3 is 2.48 bits per heavy atom. The highest BCUT2D eigenvalue weighted by atomic mass is 19.1. The summed E-state index contributed by atoms with van der Waals surface area (Å²) in [6, 6.07) is 14.5. The van der Waals surface area contributed by atoms with Gasteiger partial charge in [0.1, 0.15) is 17.1 Å². The van der Waals surface area contributed by atoms with Crippen LogP contribution in [0.2, 0.25) is 0 Å². The van der Waals surface area contributed by atoms with Gasteiger partial charge in [-0.3, -0.25) is 4.90 Å². The van der Waals surface area contributed by atoms with Crippen molar-refractivity contribution in [2.45, 2.75) is 75.5 Å². The third-order valence-corrected chi connectivity index (χ3v) is 11.9. The number of phenols is 1. The monoisotopic (exact) mass is 647 g/mol. The van der Waals surface area contributed by atoms with Gasteiger partial charge in [0.2, 0.25) is 0 Å². The maximum Gasteiger partial charge on any atom is 0.319 e. The number of fused-ring (bicyclic) bond motifs is 6. The molecular weight excluding hydrogens is 605 g/mol. The zero-order valence-corrected chi connectivity index (χ0v) is 27.2. The van der Waals surface area contributed by atoms with Crippen molar-refractivity contribution in [1.29, 1.82) is 0 Å². The lowest BCUT2D eigenvalue weighted by molar-refractivity contribution is 0.0474. The average Bonchev–Trinajstić information content (AvgIpc) is 3.73. The summed E-state index contributed by atoms with van der Waals surface area (Å²) < 4.78 is 23.4. The summed E-state index contributed by atoms with van der Waals surface area (Å²) in [6.07, 6.45) is 14.9. The van der Waals surface area contributed by atoms with Crippen LogP contribution in [0.15, 0.2) is 42.5 Å². The van der Waals surface area contributed by atoms with Gasteiger partial charge in [-0.2, -0.15) is 9.97 Å². The fourth-order valence-electron chi connectivity index (χ4n) is 9.28. The standard InChI is InChI=1S/C39H42FN5O3/c1-2-24-4-3-5-25-16-30(47)17-33(34(24)25)31-10-11-32-36(35(31)40)42-38(43-37(32)44-18-26-6-7-27(19-44)41-26)48-22-39(12-13-39)21-45-28-8-9-29(45)15-23(14-28)20-46/h1,3-5,10-11,16-17,23,26-29,41,46-47H,6-9,12-15,18-22H2. The molecule has 5 aliphatic rings. The maximum absolute atomic E-state index is 17.0. The number of aromatic hydroxyl groups is 1. The zero-order valence-electron chi connectivity index (χ0n) is 27.2. The van der Waals surface area contributed by atoms with Gasteiger partial charge in [0.25, 0.3) is 0 Å². The molecule has 4 unspecified atom stereocenters. The molecule has 1 aliphatic carbocycles. The Morgan fingerprint density at radius 1 is 1.00 bits per heavy atom. The second-order valence-corrected chi connectivity index (χ2v) is 15.1. The highest BCUT2D eigenvalue weighted by molar-refractivity contribution is 6.04. The van der Waals surface area contributed by atoms with Crippen LogP contribution in [0.1, 0.15) is 56.9 Å². The molecule has 4 atom stereocenters. The molecule has 5 heterocycles. The van der Waals surface area contributed by atoms with Crippen molar-refractivity contribution in [1.82, 2.24) is 20.2 Å². The molecule has 1 aromatic heterocycles. The summed E-state index contributed by atoms with van der Waals surface area (Å²) in [7, 11) is 0. The van der Waals surface area contributed by atoms with Crippen molar-refractivity contribution in [2.75, 3.05) is 37.7 Å². The molecule has 3 N–H and O–H groups in total. The number of aliphatic hydroxyl groups excluding tert-OH is 1. The quantitative estimate of drug-likeness (QED) is 0.213. The summed E-state index contributed by atoms with van der Waals surface area (Å²) in [6.45, 7) is 3.36. The molecule has 4 aliphatic heterocycles. The molecule has 48 heavy (non-hydrogen) atoms. The first-order valence-electron chi connectivity index (χ1n) is 17.6. The predicted octanol–water partition coefficient (Wildman–Crippen LogP) is 5.61. The van der Waals surface area contributed by atoms with Crippen LogP contribution in [0.3, 0.4) is 0 Å². The molecule has 248 valence electrons. The first-order valence-corrected chi connectivity index (χ1v) is 17.6. The Kier molecular flexibility index (Phi) is 7.26. The fourth-order valence-corrected chi connectivity index (χ4v) is 9.28. The lowest BCUT2D eigenvalue weighted by Gasteiger charge is -2.40. The van der Waals surface area contributed by atoms with Crippen molar-refractivity contribution in [2.24, 2.45) is 11.3 Å². The molecule has 0 radical (unpaired) electrons. The maximum atomic E-state index is 17.0. The molecule has 0 spiro atoms. The minimum absolute atomic E-state index is 0.0404. The molecule has 1 saturated carbocycles. The van der Waals surface area contributed by atoms with E-state index < -0.39 is 5.82 Å². The van der Waals surface area contributed by atoms with Crippen molar-refractivity contribution >= 4 is 27.5 Å². The third-order valence-electron chi connectivity index (χ3n) is 11.9. The highest BCUT2D eigenvalue weighted by Gasteiger charge is 2.50. The second-order valence-electron chi connectivity index (χ2n) is 15.1. The SMILES string of the molecule is C#Cc1cccc2cc(O)cc(-c3ccc4c(N5CC6CCC(C5)N6)nc(OCC5(CN6C7CCC6CC(CO)C7)CC5)nc4c3F)c12. The molecular formula is C39H42FN5O3. The molecule has 9 rings (SSSR count). The van der Waals surface area contributed by atoms with Gasteiger partial charge in [0.05, 0.1) is 6.61 Å². The van der Waals surface area contributed by atoms with E-state index in [1.165, 1.54) is 12.8 Å². The molecule has 4 bridgehead atoms. The highest BCUT2D eigenvalue weighted by Crippen LogP contribution is 2.50. The number of hydrogen-bond acceptors (Lipinski definition) is 8. The third kappa shape index (κ3) is 5.17. The van der Waals surface area contributed by atoms with E-state index in [1.54, 1.807) is 18.2 Å². The van der Waals surface area contributed by atoms with Crippen molar-refractivity contribution in [3.8, 4) is 35.2 Å². The van der Waals surface area contributed by atoms with E-state index in [1.807, 2.05) is 24.3 Å². The van der Waals surface area contributed by atoms with Crippen LogP contribution in [-0.4, -0.2) is 82.1 Å². The van der Waals surface area contributed by atoms with Gasteiger partial charge >= 0.3 is 6.01 Å². The largest absolute Gasteiger partial charge is 0.508 e. The van der Waals surface area contributed by atoms with Gasteiger partial charge in [0, 0.05) is 77.7 Å². The molecule has 4 saturated heterocycles. The van der Waals surface area contributed by atoms with E-state index in [0.717, 1.165) is 63.5 Å². The molecule has 0 amide bonds. The summed E-state index contributed by atoms with van der Waals surface area (Å²) in [5, 5.41) is 26.2. The number of piperidine rings is 1. The molecule has 4 aromatic rings. The van der Waals surface area contributed by atoms with E-state index in [4.69, 9.17) is 21.1 Å². The Morgan fingerprint density at radius 2 is 1.77 bits per heavy atom. The topological polar surface area (TPSA) is 94.0 Å². The Balaban J connectivity index is 1.09. The lowest BCUT2D eigenvalue weighted by atomic mass is 9.90. The fraction of sp³-hybridized carbons (Fsp3) is 0.487. The number of halogens is 1. The van der Waals surface area contributed by atoms with E-state index >= 15 is 4.39 Å². The number of phenolic OH excluding ortho intramolecular Hbond substituents is 1. The first kappa shape index (κ1) is 30.1. The zero-order chi connectivity index (χ0) is 32.6. The summed E-state index contributed by atoms with van der Waals surface area (Å²) in [5.74, 6) is 3.42. The van der Waals surface area contributed by atoms with Gasteiger partial charge in [-0.15, -0.1) is 6.42 Å². The van der Waals surface area contributed by atoms with Gasteiger partial charge in [-0.05, 0) is 92.5 Å². The number of rotatable bonds is 8. The van der Waals surface area contributed by atoms with Crippen LogP contribution < -0.4 is 15.0 Å². The number of anilines is 1. The minimum atomic E-state index is -0.484. The normalized spacial score (nSPS) is 27.4. The summed E-state index contributed by atoms with van der Waals surface area (Å²) in [4.78, 5) is 14.7. The molecule has 5 fully saturated rings. The van der Waals surface area contributed by atoms with Crippen LogP contribution in [0.5, 0.6) is 11.8 Å². The van der Waals surface area contributed by atoms with Gasteiger partial charge in [-0.1, -0.05) is 24.1 Å². The van der Waals surface area contributed by atoms with Crippen molar-refractivity contribution < 1.29 is 19.3 Å².